The molecule has 1 aliphatic heterocycles. The molecule has 1 aliphatic carbocycles. The second-order valence-corrected chi connectivity index (χ2v) is 7.75. The maximum atomic E-state index is 9.87. The molecule has 2 aromatic rings. The molecule has 1 aromatic heterocycles. The van der Waals surface area contributed by atoms with Crippen molar-refractivity contribution in [3.05, 3.63) is 40.5 Å². The molecule has 0 atom stereocenters. The molecule has 0 radical (unpaired) electrons. The highest BCUT2D eigenvalue weighted by atomic mass is 16.3. The molecular weight excluding hydrogens is 368 g/mol. The van der Waals surface area contributed by atoms with Crippen LogP contribution in [0.2, 0.25) is 0 Å². The van der Waals surface area contributed by atoms with Gasteiger partial charge in [-0.3, -0.25) is 4.79 Å². The lowest BCUT2D eigenvalue weighted by Crippen LogP contribution is -2.38. The van der Waals surface area contributed by atoms with Gasteiger partial charge < -0.3 is 20.8 Å². The largest absolute Gasteiger partial charge is 0.508 e. The maximum absolute atomic E-state index is 9.87. The Labute approximate surface area is 170 Å². The zero-order valence-electron chi connectivity index (χ0n) is 16.7. The summed E-state index contributed by atoms with van der Waals surface area (Å²) in [4.78, 5) is 15.4. The first-order valence-corrected chi connectivity index (χ1v) is 9.77. The molecular formula is C22H26N4O3. The molecule has 1 aromatic carbocycles. The number of aromatic nitrogens is 1. The van der Waals surface area contributed by atoms with Crippen LogP contribution in [0.15, 0.2) is 18.2 Å². The summed E-state index contributed by atoms with van der Waals surface area (Å²) in [7, 11) is 0. The van der Waals surface area contributed by atoms with Crippen LogP contribution in [0.4, 0.5) is 5.82 Å². The highest BCUT2D eigenvalue weighted by Crippen LogP contribution is 2.45. The number of anilines is 1. The SMILES string of the molecule is CC(C)N1CCC(c2c(C#N)c(N)nc3c2Cc2ccc(O)cc2-3)CC1.O=CO. The fraction of sp³-hybridized carbons (Fsp3) is 0.409. The van der Waals surface area contributed by atoms with Crippen molar-refractivity contribution < 1.29 is 15.0 Å². The molecule has 4 rings (SSSR count). The third kappa shape index (κ3) is 3.89. The van der Waals surface area contributed by atoms with Gasteiger partial charge in [-0.25, -0.2) is 4.98 Å². The number of phenols is 1. The van der Waals surface area contributed by atoms with E-state index >= 15 is 0 Å². The van der Waals surface area contributed by atoms with Gasteiger partial charge in [-0.15, -0.1) is 0 Å². The molecule has 7 heteroatoms. The quantitative estimate of drug-likeness (QED) is 0.571. The van der Waals surface area contributed by atoms with Gasteiger partial charge in [-0.05, 0) is 74.5 Å². The number of hydrogen-bond acceptors (Lipinski definition) is 6. The van der Waals surface area contributed by atoms with Gasteiger partial charge in [0.25, 0.3) is 6.47 Å². The average molecular weight is 394 g/mol. The van der Waals surface area contributed by atoms with E-state index in [-0.39, 0.29) is 12.2 Å². The number of phenolic OH excluding ortho intramolecular Hbond substituents is 1. The van der Waals surface area contributed by atoms with E-state index in [9.17, 15) is 10.4 Å². The van der Waals surface area contributed by atoms with Crippen LogP contribution in [0, 0.1) is 11.3 Å². The molecule has 0 unspecified atom stereocenters. The lowest BCUT2D eigenvalue weighted by atomic mass is 9.83. The summed E-state index contributed by atoms with van der Waals surface area (Å²) in [6, 6.07) is 8.27. The van der Waals surface area contributed by atoms with Crippen molar-refractivity contribution in [2.75, 3.05) is 18.8 Å². The van der Waals surface area contributed by atoms with E-state index in [4.69, 9.17) is 15.6 Å². The van der Waals surface area contributed by atoms with Crippen LogP contribution in [-0.4, -0.2) is 45.7 Å². The van der Waals surface area contributed by atoms with Crippen molar-refractivity contribution in [3.63, 3.8) is 0 Å². The van der Waals surface area contributed by atoms with Gasteiger partial charge in [-0.1, -0.05) is 6.07 Å². The Bertz CT molecular complexity index is 958. The minimum Gasteiger partial charge on any atom is -0.508 e. The summed E-state index contributed by atoms with van der Waals surface area (Å²) in [6.07, 6.45) is 2.82. The zero-order chi connectivity index (χ0) is 21.1. The van der Waals surface area contributed by atoms with Crippen molar-refractivity contribution >= 4 is 12.3 Å². The molecule has 0 bridgehead atoms. The molecule has 0 saturated carbocycles. The van der Waals surface area contributed by atoms with Crippen molar-refractivity contribution in [1.29, 1.82) is 5.26 Å². The van der Waals surface area contributed by atoms with Crippen LogP contribution in [0.25, 0.3) is 11.3 Å². The second kappa shape index (κ2) is 8.50. The Kier molecular flexibility index (Phi) is 6.04. The minimum atomic E-state index is -0.250. The number of nitriles is 1. The third-order valence-corrected chi connectivity index (χ3v) is 5.86. The number of aromatic hydroxyl groups is 1. The van der Waals surface area contributed by atoms with E-state index in [0.717, 1.165) is 60.3 Å². The van der Waals surface area contributed by atoms with E-state index in [2.05, 4.69) is 29.8 Å². The van der Waals surface area contributed by atoms with Crippen LogP contribution in [-0.2, 0) is 11.2 Å². The number of pyridine rings is 1. The number of carbonyl (C=O) groups is 1. The molecule has 7 nitrogen and oxygen atoms in total. The Morgan fingerprint density at radius 2 is 2.00 bits per heavy atom. The summed E-state index contributed by atoms with van der Waals surface area (Å²) in [5.74, 6) is 0.874. The molecule has 4 N–H and O–H groups in total. The Morgan fingerprint density at radius 3 is 2.59 bits per heavy atom. The number of fused-ring (bicyclic) bond motifs is 3. The summed E-state index contributed by atoms with van der Waals surface area (Å²) < 4.78 is 0. The monoisotopic (exact) mass is 394 g/mol. The Hall–Kier alpha value is -3.11. The standard InChI is InChI=1S/C21H24N4O.CH2O2/c1-12(2)25-7-5-13(6-8-25)19-17-9-14-3-4-15(26)10-16(14)20(17)24-21(23)18(19)11-22;2-1-3/h3-4,10,12-13,26H,5-9H2,1-2H3,(H2,23,24);1H,(H,2,3). The number of hydrogen-bond donors (Lipinski definition) is 3. The molecule has 152 valence electrons. The van der Waals surface area contributed by atoms with E-state index in [1.54, 1.807) is 12.1 Å². The number of nitrogen functional groups attached to an aromatic ring is 1. The minimum absolute atomic E-state index is 0.230. The van der Waals surface area contributed by atoms with Gasteiger partial charge in [0.05, 0.1) is 11.3 Å². The molecule has 29 heavy (non-hydrogen) atoms. The van der Waals surface area contributed by atoms with E-state index in [1.807, 2.05) is 6.07 Å². The molecule has 2 aliphatic rings. The lowest BCUT2D eigenvalue weighted by molar-refractivity contribution is -0.122. The fourth-order valence-corrected chi connectivity index (χ4v) is 4.46. The van der Waals surface area contributed by atoms with Crippen molar-refractivity contribution in [3.8, 4) is 23.1 Å². The Balaban J connectivity index is 0.000000755. The summed E-state index contributed by atoms with van der Waals surface area (Å²) in [6.45, 7) is 6.29. The first kappa shape index (κ1) is 20.6. The zero-order valence-corrected chi connectivity index (χ0v) is 16.7. The van der Waals surface area contributed by atoms with Crippen LogP contribution >= 0.6 is 0 Å². The van der Waals surface area contributed by atoms with E-state index in [1.165, 1.54) is 0 Å². The van der Waals surface area contributed by atoms with Crippen LogP contribution in [0.1, 0.15) is 54.9 Å². The van der Waals surface area contributed by atoms with E-state index in [0.29, 0.717) is 23.3 Å². The predicted octanol–water partition coefficient (Wildman–Crippen LogP) is 3.10. The molecule has 0 amide bonds. The topological polar surface area (TPSA) is 123 Å². The number of nitrogens with zero attached hydrogens (tertiary/aromatic N) is 3. The smallest absolute Gasteiger partial charge is 0.290 e. The van der Waals surface area contributed by atoms with Crippen LogP contribution < -0.4 is 5.73 Å². The fourth-order valence-electron chi connectivity index (χ4n) is 4.46. The first-order chi connectivity index (χ1) is 13.9. The van der Waals surface area contributed by atoms with Gasteiger partial charge in [-0.2, -0.15) is 5.26 Å². The van der Waals surface area contributed by atoms with Gasteiger partial charge in [0.1, 0.15) is 17.6 Å². The summed E-state index contributed by atoms with van der Waals surface area (Å²) >= 11 is 0. The van der Waals surface area contributed by atoms with Crippen molar-refractivity contribution in [2.45, 2.75) is 45.1 Å². The lowest BCUT2D eigenvalue weighted by Gasteiger charge is -2.35. The predicted molar refractivity (Wildman–Crippen MR) is 111 cm³/mol. The number of benzene rings is 1. The van der Waals surface area contributed by atoms with E-state index < -0.39 is 0 Å². The van der Waals surface area contributed by atoms with Crippen LogP contribution in [0.5, 0.6) is 5.75 Å². The van der Waals surface area contributed by atoms with Gasteiger partial charge >= 0.3 is 0 Å². The van der Waals surface area contributed by atoms with Gasteiger partial charge in [0, 0.05) is 18.0 Å². The number of rotatable bonds is 2. The summed E-state index contributed by atoms with van der Waals surface area (Å²) in [5.41, 5.74) is 11.9. The molecule has 1 fully saturated rings. The number of nitrogens with two attached hydrogens (primary N) is 1. The second-order valence-electron chi connectivity index (χ2n) is 7.75. The maximum Gasteiger partial charge on any atom is 0.290 e. The van der Waals surface area contributed by atoms with Crippen molar-refractivity contribution in [1.82, 2.24) is 9.88 Å². The third-order valence-electron chi connectivity index (χ3n) is 5.86. The summed E-state index contributed by atoms with van der Waals surface area (Å²) in [5, 5.41) is 26.5. The molecule has 1 saturated heterocycles. The number of carboxylic acid groups (broad SMARTS) is 1. The highest BCUT2D eigenvalue weighted by molar-refractivity contribution is 5.79. The highest BCUT2D eigenvalue weighted by Gasteiger charge is 2.32. The number of piperidine rings is 1. The van der Waals surface area contributed by atoms with Gasteiger partial charge in [0.2, 0.25) is 0 Å². The Morgan fingerprint density at radius 1 is 1.34 bits per heavy atom. The van der Waals surface area contributed by atoms with Crippen LogP contribution in [0.3, 0.4) is 0 Å². The first-order valence-electron chi connectivity index (χ1n) is 9.77. The molecule has 2 heterocycles. The van der Waals surface area contributed by atoms with Gasteiger partial charge in [0.15, 0.2) is 0 Å². The average Bonchev–Trinajstić information content (AvgIpc) is 3.05. The number of likely N-dealkylation sites (tertiary alicyclic amines) is 1. The normalized spacial score (nSPS) is 15.8. The molecule has 0 spiro atoms. The van der Waals surface area contributed by atoms with Crippen molar-refractivity contribution in [2.24, 2.45) is 0 Å².